The fraction of sp³-hybridized carbons (Fsp3) is 0.100. The second-order valence-corrected chi connectivity index (χ2v) is 6.76. The molecular formula is C20H11ClF5N3. The Morgan fingerprint density at radius 1 is 0.966 bits per heavy atom. The number of nitrogens with zero attached hydrogens (tertiary/aromatic N) is 3. The molecule has 2 heterocycles. The number of hydrogen-bond acceptors (Lipinski definition) is 2. The number of alkyl halides is 3. The molecule has 0 saturated carbocycles. The van der Waals surface area contributed by atoms with Crippen molar-refractivity contribution in [2.45, 2.75) is 12.7 Å². The first-order valence-electron chi connectivity index (χ1n) is 8.36. The molecule has 0 aliphatic carbocycles. The summed E-state index contributed by atoms with van der Waals surface area (Å²) in [6.45, 7) is 0.132. The highest BCUT2D eigenvalue weighted by Crippen LogP contribution is 2.35. The van der Waals surface area contributed by atoms with Gasteiger partial charge in [-0.3, -0.25) is 0 Å². The Morgan fingerprint density at radius 2 is 1.72 bits per heavy atom. The quantitative estimate of drug-likeness (QED) is 0.376. The number of fused-ring (bicyclic) bond motifs is 1. The van der Waals surface area contributed by atoms with E-state index in [2.05, 4.69) is 9.97 Å². The van der Waals surface area contributed by atoms with Gasteiger partial charge in [0.05, 0.1) is 21.8 Å². The summed E-state index contributed by atoms with van der Waals surface area (Å²) in [5.41, 5.74) is 0.265. The highest BCUT2D eigenvalue weighted by atomic mass is 35.5. The van der Waals surface area contributed by atoms with E-state index in [4.69, 9.17) is 11.6 Å². The summed E-state index contributed by atoms with van der Waals surface area (Å²) < 4.78 is 68.2. The van der Waals surface area contributed by atoms with Gasteiger partial charge in [0.15, 0.2) is 17.5 Å². The Kier molecular flexibility index (Phi) is 4.74. The van der Waals surface area contributed by atoms with E-state index in [1.165, 1.54) is 24.3 Å². The van der Waals surface area contributed by atoms with Gasteiger partial charge in [0.2, 0.25) is 0 Å². The van der Waals surface area contributed by atoms with Crippen LogP contribution in [-0.2, 0) is 12.7 Å². The zero-order valence-electron chi connectivity index (χ0n) is 14.5. The van der Waals surface area contributed by atoms with Crippen LogP contribution in [0.1, 0.15) is 11.1 Å². The second-order valence-electron chi connectivity index (χ2n) is 6.35. The molecule has 0 fully saturated rings. The molecule has 2 aromatic carbocycles. The van der Waals surface area contributed by atoms with E-state index in [9.17, 15) is 22.0 Å². The first-order valence-corrected chi connectivity index (χ1v) is 8.74. The number of aromatic nitrogens is 3. The first-order chi connectivity index (χ1) is 13.7. The van der Waals surface area contributed by atoms with E-state index >= 15 is 0 Å². The Bertz CT molecular complexity index is 1170. The van der Waals surface area contributed by atoms with Crippen molar-refractivity contribution in [2.24, 2.45) is 0 Å². The standard InChI is InChI=1S/C20H11ClF5N3/c21-14-5-4-11(8-13(14)20(24,25)26)9-29-7-6-16-17(10-29)28-19(27-16)12-2-1-3-15(22)18(12)23/h1-8,10H,9H2. The molecule has 148 valence electrons. The van der Waals surface area contributed by atoms with Crippen LogP contribution in [0.4, 0.5) is 22.0 Å². The minimum atomic E-state index is -4.55. The number of imidazole rings is 1. The predicted octanol–water partition coefficient (Wildman–Crippen LogP) is 6.05. The third-order valence-electron chi connectivity index (χ3n) is 4.32. The summed E-state index contributed by atoms with van der Waals surface area (Å²) in [5, 5.41) is -0.370. The van der Waals surface area contributed by atoms with Crippen molar-refractivity contribution >= 4 is 11.6 Å². The molecule has 3 nitrogen and oxygen atoms in total. The molecule has 4 rings (SSSR count). The minimum absolute atomic E-state index is 0.0283. The topological polar surface area (TPSA) is 30.7 Å². The van der Waals surface area contributed by atoms with E-state index in [-0.39, 0.29) is 23.0 Å². The largest absolute Gasteiger partial charge is 0.417 e. The Balaban J connectivity index is 1.67. The monoisotopic (exact) mass is 423 g/mol. The lowest BCUT2D eigenvalue weighted by atomic mass is 10.1. The normalized spacial score (nSPS) is 11.9. The Hall–Kier alpha value is -3.00. The van der Waals surface area contributed by atoms with Gasteiger partial charge in [-0.1, -0.05) is 23.7 Å². The average Bonchev–Trinajstić information content (AvgIpc) is 3.07. The van der Waals surface area contributed by atoms with Crippen molar-refractivity contribution < 1.29 is 22.0 Å². The fourth-order valence-corrected chi connectivity index (χ4v) is 3.17. The molecule has 0 N–H and O–H groups in total. The summed E-state index contributed by atoms with van der Waals surface area (Å²) >= 11 is 5.64. The van der Waals surface area contributed by atoms with Crippen molar-refractivity contribution in [1.82, 2.24) is 14.5 Å². The predicted molar refractivity (Wildman–Crippen MR) is 97.6 cm³/mol. The van der Waals surface area contributed by atoms with Crippen molar-refractivity contribution in [3.8, 4) is 22.8 Å². The molecule has 29 heavy (non-hydrogen) atoms. The molecule has 0 bridgehead atoms. The van der Waals surface area contributed by atoms with Crippen LogP contribution < -0.4 is 0 Å². The van der Waals surface area contributed by atoms with Crippen LogP contribution >= 0.6 is 11.6 Å². The highest BCUT2D eigenvalue weighted by molar-refractivity contribution is 6.31. The molecule has 2 aromatic rings. The van der Waals surface area contributed by atoms with Crippen LogP contribution in [0.3, 0.4) is 0 Å². The van der Waals surface area contributed by atoms with Crippen LogP contribution in [0.25, 0.3) is 22.8 Å². The Labute approximate surface area is 166 Å². The number of benzene rings is 2. The van der Waals surface area contributed by atoms with Gasteiger partial charge < -0.3 is 4.57 Å². The molecule has 0 saturated heterocycles. The van der Waals surface area contributed by atoms with E-state index in [1.807, 2.05) is 0 Å². The lowest BCUT2D eigenvalue weighted by Gasteiger charge is -2.12. The van der Waals surface area contributed by atoms with E-state index in [0.717, 1.165) is 12.1 Å². The van der Waals surface area contributed by atoms with Crippen molar-refractivity contribution in [3.05, 3.63) is 82.6 Å². The molecule has 0 aromatic heterocycles. The van der Waals surface area contributed by atoms with Crippen molar-refractivity contribution in [1.29, 1.82) is 0 Å². The van der Waals surface area contributed by atoms with Gasteiger partial charge in [-0.15, -0.1) is 0 Å². The van der Waals surface area contributed by atoms with E-state index in [0.29, 0.717) is 17.0 Å². The van der Waals surface area contributed by atoms with Crippen LogP contribution in [0.2, 0.25) is 5.02 Å². The van der Waals surface area contributed by atoms with E-state index < -0.39 is 23.4 Å². The van der Waals surface area contributed by atoms with Gasteiger partial charge in [0.25, 0.3) is 0 Å². The molecule has 0 atom stereocenters. The summed E-state index contributed by atoms with van der Waals surface area (Å²) in [7, 11) is 0. The van der Waals surface area contributed by atoms with Gasteiger partial charge >= 0.3 is 6.18 Å². The average molecular weight is 424 g/mol. The highest BCUT2D eigenvalue weighted by Gasteiger charge is 2.33. The molecular weight excluding hydrogens is 413 g/mol. The molecule has 9 heteroatoms. The van der Waals surface area contributed by atoms with Crippen LogP contribution in [0.15, 0.2) is 54.9 Å². The maximum Gasteiger partial charge on any atom is 0.417 e. The molecule has 0 spiro atoms. The number of rotatable bonds is 3. The molecule has 0 radical (unpaired) electrons. The van der Waals surface area contributed by atoms with Crippen molar-refractivity contribution in [2.75, 3.05) is 0 Å². The van der Waals surface area contributed by atoms with E-state index in [1.54, 1.807) is 23.0 Å². The fourth-order valence-electron chi connectivity index (χ4n) is 2.95. The summed E-state index contributed by atoms with van der Waals surface area (Å²) in [5.74, 6) is -2.02. The molecule has 0 amide bonds. The van der Waals surface area contributed by atoms with Crippen LogP contribution in [0, 0.1) is 11.6 Å². The number of halogens is 6. The maximum atomic E-state index is 14.0. The van der Waals surface area contributed by atoms with Gasteiger partial charge in [0.1, 0.15) is 5.69 Å². The lowest BCUT2D eigenvalue weighted by molar-refractivity contribution is -0.137. The van der Waals surface area contributed by atoms with Crippen LogP contribution in [0.5, 0.6) is 0 Å². The number of hydrogen-bond donors (Lipinski definition) is 0. The SMILES string of the molecule is Fc1cccc(-c2nc3ccn(Cc4ccc(Cl)c(C(F)(F)F)c4)cc-3n2)c1F. The summed E-state index contributed by atoms with van der Waals surface area (Å²) in [6.07, 6.45) is -1.36. The number of pyridine rings is 1. The summed E-state index contributed by atoms with van der Waals surface area (Å²) in [4.78, 5) is 8.41. The lowest BCUT2D eigenvalue weighted by Crippen LogP contribution is -2.08. The van der Waals surface area contributed by atoms with Gasteiger partial charge in [-0.25, -0.2) is 18.7 Å². The van der Waals surface area contributed by atoms with Gasteiger partial charge in [0, 0.05) is 18.9 Å². The third-order valence-corrected chi connectivity index (χ3v) is 4.65. The molecule has 2 aliphatic heterocycles. The Morgan fingerprint density at radius 3 is 2.48 bits per heavy atom. The van der Waals surface area contributed by atoms with Gasteiger partial charge in [-0.05, 0) is 35.9 Å². The zero-order valence-corrected chi connectivity index (χ0v) is 15.3. The smallest absolute Gasteiger partial charge is 0.348 e. The van der Waals surface area contributed by atoms with Crippen molar-refractivity contribution in [3.63, 3.8) is 0 Å². The molecule has 0 unspecified atom stereocenters. The molecule has 2 aliphatic rings. The first kappa shape index (κ1) is 19.3. The third kappa shape index (κ3) is 3.80. The van der Waals surface area contributed by atoms with Gasteiger partial charge in [-0.2, -0.15) is 13.2 Å². The second kappa shape index (κ2) is 7.11. The zero-order chi connectivity index (χ0) is 20.8. The maximum absolute atomic E-state index is 14.0. The minimum Gasteiger partial charge on any atom is -0.348 e. The summed E-state index contributed by atoms with van der Waals surface area (Å²) in [6, 6.07) is 9.01. The van der Waals surface area contributed by atoms with Crippen LogP contribution in [-0.4, -0.2) is 14.5 Å².